The summed E-state index contributed by atoms with van der Waals surface area (Å²) < 4.78 is 25.9. The van der Waals surface area contributed by atoms with Crippen molar-refractivity contribution in [3.8, 4) is 0 Å². The molecule has 2 amide bonds. The smallest absolute Gasteiger partial charge is 0.317 e. The maximum atomic E-state index is 13.1. The van der Waals surface area contributed by atoms with Crippen molar-refractivity contribution in [3.63, 3.8) is 0 Å². The van der Waals surface area contributed by atoms with Gasteiger partial charge in [0.05, 0.1) is 13.1 Å². The monoisotopic (exact) mass is 369 g/mol. The first-order valence-electron chi connectivity index (χ1n) is 8.28. The average Bonchev–Trinajstić information content (AvgIpc) is 2.56. The van der Waals surface area contributed by atoms with Crippen LogP contribution in [0.3, 0.4) is 0 Å². The first-order valence-corrected chi connectivity index (χ1v) is 8.28. The third kappa shape index (κ3) is 5.22. The number of rotatable bonds is 8. The number of nitrogens with zero attached hydrogens (tertiary/aromatic N) is 1. The van der Waals surface area contributed by atoms with Crippen molar-refractivity contribution in [3.05, 3.63) is 35.4 Å². The molecule has 1 fully saturated rings. The number of hydrogen-bond acceptors (Lipinski definition) is 4. The number of hydrogen-bond donors (Lipinski definition) is 3. The molecule has 142 valence electrons. The number of likely N-dealkylation sites (N-methyl/N-ethyl adjacent to an activating group) is 1. The lowest BCUT2D eigenvalue weighted by Crippen LogP contribution is -2.55. The van der Waals surface area contributed by atoms with Crippen molar-refractivity contribution >= 4 is 17.8 Å². The van der Waals surface area contributed by atoms with Crippen LogP contribution in [-0.2, 0) is 9.59 Å². The molecule has 2 rings (SSSR count). The Bertz CT molecular complexity index is 693. The SMILES string of the molecule is CCN(CC(=O)O)C1CC(NC(=O)CNC(=O)c2ccc(F)c(F)c2)C1. The van der Waals surface area contributed by atoms with Crippen molar-refractivity contribution in [2.24, 2.45) is 0 Å². The highest BCUT2D eigenvalue weighted by atomic mass is 19.2. The molecule has 0 radical (unpaired) electrons. The fourth-order valence-electron chi connectivity index (χ4n) is 2.86. The summed E-state index contributed by atoms with van der Waals surface area (Å²) in [4.78, 5) is 36.3. The van der Waals surface area contributed by atoms with Crippen LogP contribution in [0.1, 0.15) is 30.1 Å². The molecule has 0 saturated heterocycles. The summed E-state index contributed by atoms with van der Waals surface area (Å²) >= 11 is 0. The summed E-state index contributed by atoms with van der Waals surface area (Å²) in [6.45, 7) is 2.17. The van der Waals surface area contributed by atoms with Crippen LogP contribution in [0.15, 0.2) is 18.2 Å². The van der Waals surface area contributed by atoms with Crippen molar-refractivity contribution in [1.29, 1.82) is 0 Å². The predicted octanol–water partition coefficient (Wildman–Crippen LogP) is 0.748. The molecule has 1 aromatic rings. The molecule has 0 atom stereocenters. The Morgan fingerprint density at radius 2 is 1.92 bits per heavy atom. The van der Waals surface area contributed by atoms with Crippen molar-refractivity contribution in [2.75, 3.05) is 19.6 Å². The first kappa shape index (κ1) is 19.8. The van der Waals surface area contributed by atoms with Gasteiger partial charge >= 0.3 is 5.97 Å². The molecule has 1 aliphatic rings. The molecule has 9 heteroatoms. The molecule has 0 aliphatic heterocycles. The van der Waals surface area contributed by atoms with E-state index in [0.717, 1.165) is 18.2 Å². The summed E-state index contributed by atoms with van der Waals surface area (Å²) in [5.74, 6) is -4.15. The normalized spacial score (nSPS) is 18.9. The van der Waals surface area contributed by atoms with E-state index in [9.17, 15) is 23.2 Å². The number of aliphatic carboxylic acids is 1. The van der Waals surface area contributed by atoms with E-state index in [1.54, 1.807) is 0 Å². The molecule has 1 aromatic carbocycles. The summed E-state index contributed by atoms with van der Waals surface area (Å²) in [7, 11) is 0. The standard InChI is InChI=1S/C17H21F2N3O4/c1-2-22(9-16(24)25)12-6-11(7-12)21-15(23)8-20-17(26)10-3-4-13(18)14(19)5-10/h3-5,11-12H,2,6-9H2,1H3,(H,20,26)(H,21,23)(H,24,25). The summed E-state index contributed by atoms with van der Waals surface area (Å²) in [5.41, 5.74) is -0.0762. The zero-order valence-electron chi connectivity index (χ0n) is 14.3. The van der Waals surface area contributed by atoms with E-state index in [1.165, 1.54) is 0 Å². The molecule has 7 nitrogen and oxygen atoms in total. The van der Waals surface area contributed by atoms with Crippen LogP contribution in [0, 0.1) is 11.6 Å². The van der Waals surface area contributed by atoms with Gasteiger partial charge in [0.25, 0.3) is 5.91 Å². The minimum atomic E-state index is -1.13. The topological polar surface area (TPSA) is 98.7 Å². The number of halogens is 2. The second-order valence-electron chi connectivity index (χ2n) is 6.16. The molecule has 0 aromatic heterocycles. The molecule has 0 bridgehead atoms. The highest BCUT2D eigenvalue weighted by Crippen LogP contribution is 2.25. The number of carbonyl (C=O) groups excluding carboxylic acids is 2. The second-order valence-corrected chi connectivity index (χ2v) is 6.16. The second kappa shape index (κ2) is 8.70. The van der Waals surface area contributed by atoms with Gasteiger partial charge in [-0.3, -0.25) is 19.3 Å². The van der Waals surface area contributed by atoms with E-state index in [-0.39, 0.29) is 30.7 Å². The van der Waals surface area contributed by atoms with E-state index >= 15 is 0 Å². The van der Waals surface area contributed by atoms with Crippen LogP contribution in [-0.4, -0.2) is 59.5 Å². The highest BCUT2D eigenvalue weighted by Gasteiger charge is 2.34. The van der Waals surface area contributed by atoms with Gasteiger partial charge in [0.2, 0.25) is 5.91 Å². The van der Waals surface area contributed by atoms with Gasteiger partial charge in [0, 0.05) is 17.6 Å². The maximum Gasteiger partial charge on any atom is 0.317 e. The van der Waals surface area contributed by atoms with E-state index in [2.05, 4.69) is 10.6 Å². The Labute approximate surface area is 149 Å². The molecule has 1 aliphatic carbocycles. The van der Waals surface area contributed by atoms with Crippen LogP contribution in [0.25, 0.3) is 0 Å². The van der Waals surface area contributed by atoms with Gasteiger partial charge in [-0.05, 0) is 37.6 Å². The van der Waals surface area contributed by atoms with Gasteiger partial charge in [-0.25, -0.2) is 8.78 Å². The minimum Gasteiger partial charge on any atom is -0.480 e. The Morgan fingerprint density at radius 1 is 1.23 bits per heavy atom. The van der Waals surface area contributed by atoms with Crippen LogP contribution in [0.5, 0.6) is 0 Å². The number of nitrogens with one attached hydrogen (secondary N) is 2. The molecule has 1 saturated carbocycles. The zero-order chi connectivity index (χ0) is 19.3. The van der Waals surface area contributed by atoms with E-state index in [0.29, 0.717) is 19.4 Å². The number of amides is 2. The van der Waals surface area contributed by atoms with E-state index in [1.807, 2.05) is 11.8 Å². The summed E-state index contributed by atoms with van der Waals surface area (Å²) in [6.07, 6.45) is 1.29. The van der Waals surface area contributed by atoms with Crippen molar-refractivity contribution in [2.45, 2.75) is 31.8 Å². The maximum absolute atomic E-state index is 13.1. The Balaban J connectivity index is 1.72. The first-order chi connectivity index (χ1) is 12.3. The van der Waals surface area contributed by atoms with Crippen LogP contribution < -0.4 is 10.6 Å². The lowest BCUT2D eigenvalue weighted by Gasteiger charge is -2.42. The number of benzene rings is 1. The highest BCUT2D eigenvalue weighted by molar-refractivity contribution is 5.96. The fraction of sp³-hybridized carbons (Fsp3) is 0.471. The molecule has 26 heavy (non-hydrogen) atoms. The van der Waals surface area contributed by atoms with Gasteiger partial charge in [0.15, 0.2) is 11.6 Å². The van der Waals surface area contributed by atoms with Gasteiger partial charge in [-0.15, -0.1) is 0 Å². The summed E-state index contributed by atoms with van der Waals surface area (Å²) in [5, 5.41) is 13.9. The number of carbonyl (C=O) groups is 3. The molecule has 0 heterocycles. The molecule has 0 unspecified atom stereocenters. The van der Waals surface area contributed by atoms with Crippen LogP contribution >= 0.6 is 0 Å². The quantitative estimate of drug-likeness (QED) is 0.628. The van der Waals surface area contributed by atoms with Gasteiger partial charge in [-0.2, -0.15) is 0 Å². The molecular formula is C17H21F2N3O4. The third-order valence-electron chi connectivity index (χ3n) is 4.33. The van der Waals surface area contributed by atoms with Crippen LogP contribution in [0.2, 0.25) is 0 Å². The molecule has 0 spiro atoms. The van der Waals surface area contributed by atoms with Crippen molar-refractivity contribution < 1.29 is 28.3 Å². The predicted molar refractivity (Wildman–Crippen MR) is 88.5 cm³/mol. The van der Waals surface area contributed by atoms with Gasteiger partial charge < -0.3 is 15.7 Å². The molecular weight excluding hydrogens is 348 g/mol. The molecule has 3 N–H and O–H groups in total. The lowest BCUT2D eigenvalue weighted by atomic mass is 9.85. The van der Waals surface area contributed by atoms with E-state index in [4.69, 9.17) is 5.11 Å². The largest absolute Gasteiger partial charge is 0.480 e. The number of carboxylic acids is 1. The zero-order valence-corrected chi connectivity index (χ0v) is 14.3. The van der Waals surface area contributed by atoms with Gasteiger partial charge in [-0.1, -0.05) is 6.92 Å². The Hall–Kier alpha value is -2.55. The lowest BCUT2D eigenvalue weighted by molar-refractivity contribution is -0.139. The Kier molecular flexibility index (Phi) is 6.62. The average molecular weight is 369 g/mol. The third-order valence-corrected chi connectivity index (χ3v) is 4.33. The Morgan fingerprint density at radius 3 is 2.50 bits per heavy atom. The van der Waals surface area contributed by atoms with Crippen molar-refractivity contribution in [1.82, 2.24) is 15.5 Å². The van der Waals surface area contributed by atoms with Gasteiger partial charge in [0.1, 0.15) is 0 Å². The van der Waals surface area contributed by atoms with Crippen LogP contribution in [0.4, 0.5) is 8.78 Å². The van der Waals surface area contributed by atoms with E-state index < -0.39 is 29.4 Å². The summed E-state index contributed by atoms with van der Waals surface area (Å²) in [6, 6.07) is 2.77. The number of carboxylic acid groups (broad SMARTS) is 1. The fourth-order valence-corrected chi connectivity index (χ4v) is 2.86. The minimum absolute atomic E-state index is 0.0356.